The maximum atomic E-state index is 12.7. The number of ether oxygens (including phenoxy) is 1. The number of H-pyrrole nitrogens is 1. The fourth-order valence-corrected chi connectivity index (χ4v) is 3.63. The lowest BCUT2D eigenvalue weighted by Gasteiger charge is -2.28. The van der Waals surface area contributed by atoms with Crippen LogP contribution < -0.4 is 15.6 Å². The predicted molar refractivity (Wildman–Crippen MR) is 101 cm³/mol. The van der Waals surface area contributed by atoms with Gasteiger partial charge in [-0.2, -0.15) is 0 Å². The maximum Gasteiger partial charge on any atom is 0.276 e. The number of benzene rings is 1. The van der Waals surface area contributed by atoms with Crippen molar-refractivity contribution in [2.75, 3.05) is 6.61 Å². The Hall–Kier alpha value is -3.09. The van der Waals surface area contributed by atoms with Crippen LogP contribution >= 0.6 is 0 Å². The van der Waals surface area contributed by atoms with Gasteiger partial charge in [0.05, 0.1) is 19.1 Å². The van der Waals surface area contributed by atoms with E-state index in [9.17, 15) is 9.59 Å². The highest BCUT2D eigenvalue weighted by Crippen LogP contribution is 2.35. The molecular weight excluding hydrogens is 344 g/mol. The van der Waals surface area contributed by atoms with Gasteiger partial charge in [0.25, 0.3) is 5.56 Å². The minimum Gasteiger partial charge on any atom is -0.493 e. The van der Waals surface area contributed by atoms with Crippen molar-refractivity contribution in [3.8, 4) is 5.75 Å². The molecule has 2 N–H and O–H groups in total. The van der Waals surface area contributed by atoms with Crippen molar-refractivity contribution in [1.82, 2.24) is 19.9 Å². The van der Waals surface area contributed by atoms with Crippen molar-refractivity contribution < 1.29 is 9.53 Å². The summed E-state index contributed by atoms with van der Waals surface area (Å²) in [6, 6.07) is 7.64. The minimum absolute atomic E-state index is 0.000213. The molecule has 7 nitrogen and oxygen atoms in total. The van der Waals surface area contributed by atoms with Crippen molar-refractivity contribution >= 4 is 11.6 Å². The van der Waals surface area contributed by atoms with Crippen molar-refractivity contribution in [3.63, 3.8) is 0 Å². The Labute approximate surface area is 156 Å². The number of hydrogen-bond acceptors (Lipinski definition) is 4. The molecule has 0 radical (unpaired) electrons. The van der Waals surface area contributed by atoms with Crippen LogP contribution in [0.4, 0.5) is 0 Å². The van der Waals surface area contributed by atoms with Crippen LogP contribution in [0.3, 0.4) is 0 Å². The number of rotatable bonds is 4. The lowest BCUT2D eigenvalue weighted by molar-refractivity contribution is -0.121. The van der Waals surface area contributed by atoms with Gasteiger partial charge in [0.15, 0.2) is 5.65 Å². The van der Waals surface area contributed by atoms with Crippen LogP contribution in [-0.2, 0) is 17.6 Å². The normalized spacial score (nSPS) is 16.0. The van der Waals surface area contributed by atoms with Crippen LogP contribution in [0.1, 0.15) is 41.8 Å². The van der Waals surface area contributed by atoms with Crippen LogP contribution in [0.15, 0.2) is 35.3 Å². The Balaban J connectivity index is 1.57. The Morgan fingerprint density at radius 3 is 3.07 bits per heavy atom. The zero-order valence-corrected chi connectivity index (χ0v) is 15.4. The Bertz CT molecular complexity index is 1070. The summed E-state index contributed by atoms with van der Waals surface area (Å²) < 4.78 is 7.19. The van der Waals surface area contributed by atoms with E-state index in [0.717, 1.165) is 23.3 Å². The van der Waals surface area contributed by atoms with E-state index in [1.807, 2.05) is 18.2 Å². The predicted octanol–water partition coefficient (Wildman–Crippen LogP) is 2.08. The van der Waals surface area contributed by atoms with Crippen LogP contribution in [0.25, 0.3) is 5.65 Å². The average Bonchev–Trinajstić information content (AvgIpc) is 3.13. The third-order valence-corrected chi connectivity index (χ3v) is 5.05. The lowest BCUT2D eigenvalue weighted by atomic mass is 9.96. The molecule has 0 aliphatic carbocycles. The number of aromatic nitrogens is 3. The quantitative estimate of drug-likeness (QED) is 0.740. The molecule has 0 saturated carbocycles. The molecule has 0 saturated heterocycles. The smallest absolute Gasteiger partial charge is 0.276 e. The number of nitrogens with zero attached hydrogens (tertiary/aromatic N) is 2. The molecule has 27 heavy (non-hydrogen) atoms. The number of aromatic amines is 1. The van der Waals surface area contributed by atoms with Gasteiger partial charge in [-0.15, -0.1) is 0 Å². The van der Waals surface area contributed by atoms with E-state index >= 15 is 0 Å². The first-order chi connectivity index (χ1) is 13.1. The number of hydrogen-bond donors (Lipinski definition) is 2. The molecule has 1 atom stereocenters. The first-order valence-corrected chi connectivity index (χ1v) is 9.18. The summed E-state index contributed by atoms with van der Waals surface area (Å²) in [6.07, 6.45) is 3.23. The molecule has 0 bridgehead atoms. The number of carbonyl (C=O) groups is 1. The molecule has 0 spiro atoms. The number of carbonyl (C=O) groups excluding carboxylic acids is 1. The summed E-state index contributed by atoms with van der Waals surface area (Å²) in [5.41, 5.74) is 3.44. The van der Waals surface area contributed by atoms with Crippen molar-refractivity contribution in [3.05, 3.63) is 63.2 Å². The summed E-state index contributed by atoms with van der Waals surface area (Å²) in [7, 11) is 0. The molecule has 1 unspecified atom stereocenters. The zero-order chi connectivity index (χ0) is 19.0. The molecule has 7 heteroatoms. The van der Waals surface area contributed by atoms with Gasteiger partial charge in [0, 0.05) is 35.5 Å². The second kappa shape index (κ2) is 6.90. The SMILES string of the molecule is CCc1cccc2c1OCCC2NC(=O)Cc1c(C)nc2cc[nH]n2c1=O. The van der Waals surface area contributed by atoms with Gasteiger partial charge in [0.1, 0.15) is 5.75 Å². The summed E-state index contributed by atoms with van der Waals surface area (Å²) in [6.45, 7) is 4.40. The standard InChI is InChI=1S/C20H22N4O3/c1-3-13-5-4-6-14-16(8-10-27-19(13)14)23-18(25)11-15-12(2)22-17-7-9-21-24(17)20(15)26/h4-7,9,16,21H,3,8,10-11H2,1-2H3,(H,23,25). The van der Waals surface area contributed by atoms with E-state index < -0.39 is 0 Å². The molecule has 1 amide bonds. The lowest BCUT2D eigenvalue weighted by Crippen LogP contribution is -2.35. The molecule has 4 rings (SSSR count). The Morgan fingerprint density at radius 1 is 1.41 bits per heavy atom. The highest BCUT2D eigenvalue weighted by atomic mass is 16.5. The highest BCUT2D eigenvalue weighted by Gasteiger charge is 2.25. The maximum absolute atomic E-state index is 12.7. The summed E-state index contributed by atoms with van der Waals surface area (Å²) in [4.78, 5) is 29.7. The Kier molecular flexibility index (Phi) is 4.43. The van der Waals surface area contributed by atoms with Crippen molar-refractivity contribution in [2.24, 2.45) is 0 Å². The van der Waals surface area contributed by atoms with E-state index in [2.05, 4.69) is 22.3 Å². The van der Waals surface area contributed by atoms with Crippen LogP contribution in [0.5, 0.6) is 5.75 Å². The van der Waals surface area contributed by atoms with Gasteiger partial charge in [-0.05, 0) is 18.9 Å². The van der Waals surface area contributed by atoms with E-state index in [1.54, 1.807) is 19.2 Å². The minimum atomic E-state index is -0.238. The highest BCUT2D eigenvalue weighted by molar-refractivity contribution is 5.79. The average molecular weight is 366 g/mol. The van der Waals surface area contributed by atoms with Crippen molar-refractivity contribution in [2.45, 2.75) is 39.2 Å². The number of nitrogens with one attached hydrogen (secondary N) is 2. The molecule has 2 aromatic heterocycles. The molecule has 140 valence electrons. The number of fused-ring (bicyclic) bond motifs is 2. The summed E-state index contributed by atoms with van der Waals surface area (Å²) in [5.74, 6) is 0.686. The van der Waals surface area contributed by atoms with E-state index in [-0.39, 0.29) is 23.9 Å². The topological polar surface area (TPSA) is 88.5 Å². The van der Waals surface area contributed by atoms with Gasteiger partial charge in [-0.1, -0.05) is 25.1 Å². The van der Waals surface area contributed by atoms with Crippen LogP contribution in [0.2, 0.25) is 0 Å². The zero-order valence-electron chi connectivity index (χ0n) is 15.4. The van der Waals surface area contributed by atoms with Crippen LogP contribution in [-0.4, -0.2) is 27.1 Å². The molecule has 3 heterocycles. The molecule has 1 aliphatic rings. The molecule has 0 fully saturated rings. The fourth-order valence-electron chi connectivity index (χ4n) is 3.63. The first-order valence-electron chi connectivity index (χ1n) is 9.18. The van der Waals surface area contributed by atoms with Gasteiger partial charge in [-0.25, -0.2) is 9.50 Å². The number of amides is 1. The van der Waals surface area contributed by atoms with Gasteiger partial charge in [-0.3, -0.25) is 14.7 Å². The fraction of sp³-hybridized carbons (Fsp3) is 0.350. The Morgan fingerprint density at radius 2 is 2.26 bits per heavy atom. The molecule has 3 aromatic rings. The second-order valence-electron chi connectivity index (χ2n) is 6.76. The molecule has 1 aliphatic heterocycles. The number of aryl methyl sites for hydroxylation is 2. The molecule has 1 aromatic carbocycles. The monoisotopic (exact) mass is 366 g/mol. The number of para-hydroxylation sites is 1. The van der Waals surface area contributed by atoms with Crippen molar-refractivity contribution in [1.29, 1.82) is 0 Å². The van der Waals surface area contributed by atoms with Gasteiger partial charge in [0.2, 0.25) is 5.91 Å². The third kappa shape index (κ3) is 3.09. The second-order valence-corrected chi connectivity index (χ2v) is 6.76. The third-order valence-electron chi connectivity index (χ3n) is 5.05. The largest absolute Gasteiger partial charge is 0.493 e. The summed E-state index contributed by atoms with van der Waals surface area (Å²) in [5, 5.41) is 5.90. The first kappa shape index (κ1) is 17.3. The molecular formula is C20H22N4O3. The van der Waals surface area contributed by atoms with E-state index in [1.165, 1.54) is 4.52 Å². The van der Waals surface area contributed by atoms with E-state index in [0.29, 0.717) is 29.9 Å². The van der Waals surface area contributed by atoms with Gasteiger partial charge < -0.3 is 10.1 Å². The van der Waals surface area contributed by atoms with Crippen LogP contribution in [0, 0.1) is 6.92 Å². The van der Waals surface area contributed by atoms with E-state index in [4.69, 9.17) is 4.74 Å². The summed E-state index contributed by atoms with van der Waals surface area (Å²) >= 11 is 0. The van der Waals surface area contributed by atoms with Gasteiger partial charge >= 0.3 is 0 Å².